The molecular formula is C17H19NO2. The molecule has 0 radical (unpaired) electrons. The molecule has 0 aliphatic carbocycles. The van der Waals surface area contributed by atoms with Crippen LogP contribution in [0.2, 0.25) is 0 Å². The van der Waals surface area contributed by atoms with E-state index in [0.29, 0.717) is 6.54 Å². The molecule has 1 N–H and O–H groups in total. The maximum atomic E-state index is 11.1. The van der Waals surface area contributed by atoms with E-state index >= 15 is 0 Å². The van der Waals surface area contributed by atoms with Crippen LogP contribution in [0, 0.1) is 0 Å². The van der Waals surface area contributed by atoms with Crippen LogP contribution in [0.3, 0.4) is 0 Å². The second-order valence-electron chi connectivity index (χ2n) is 4.71. The summed E-state index contributed by atoms with van der Waals surface area (Å²) in [6.45, 7) is 2.73. The number of benzene rings is 2. The Balaban J connectivity index is 2.26. The second kappa shape index (κ2) is 6.75. The van der Waals surface area contributed by atoms with Crippen molar-refractivity contribution < 1.29 is 9.90 Å². The molecule has 0 aliphatic heterocycles. The minimum atomic E-state index is -0.817. The quantitative estimate of drug-likeness (QED) is 0.874. The van der Waals surface area contributed by atoms with Crippen molar-refractivity contribution in [2.45, 2.75) is 19.9 Å². The van der Waals surface area contributed by atoms with Crippen LogP contribution >= 0.6 is 0 Å². The number of carbonyl (C=O) groups is 1. The largest absolute Gasteiger partial charge is 0.480 e. The highest BCUT2D eigenvalue weighted by Crippen LogP contribution is 2.19. The van der Waals surface area contributed by atoms with Crippen LogP contribution < -0.4 is 4.90 Å². The number of hydrogen-bond acceptors (Lipinski definition) is 2. The highest BCUT2D eigenvalue weighted by Gasteiger charge is 2.12. The van der Waals surface area contributed by atoms with Gasteiger partial charge in [0.2, 0.25) is 0 Å². The van der Waals surface area contributed by atoms with E-state index in [4.69, 9.17) is 5.11 Å². The Kier molecular flexibility index (Phi) is 4.77. The van der Waals surface area contributed by atoms with Crippen molar-refractivity contribution >= 4 is 11.7 Å². The van der Waals surface area contributed by atoms with Crippen LogP contribution in [0.4, 0.5) is 5.69 Å². The van der Waals surface area contributed by atoms with Gasteiger partial charge >= 0.3 is 5.97 Å². The van der Waals surface area contributed by atoms with E-state index in [1.165, 1.54) is 11.1 Å². The molecular weight excluding hydrogens is 250 g/mol. The molecule has 2 aromatic carbocycles. The minimum absolute atomic E-state index is 0.00205. The van der Waals surface area contributed by atoms with E-state index in [2.05, 4.69) is 19.1 Å². The van der Waals surface area contributed by atoms with Gasteiger partial charge in [0.1, 0.15) is 6.54 Å². The SMILES string of the molecule is CCc1ccccc1CN(CC(=O)O)c1ccccc1. The summed E-state index contributed by atoms with van der Waals surface area (Å²) in [6.07, 6.45) is 0.950. The van der Waals surface area contributed by atoms with Gasteiger partial charge in [0.25, 0.3) is 0 Å². The number of hydrogen-bond donors (Lipinski definition) is 1. The molecule has 0 atom stereocenters. The Labute approximate surface area is 119 Å². The number of aliphatic carboxylic acids is 1. The van der Waals surface area contributed by atoms with Crippen molar-refractivity contribution in [1.82, 2.24) is 0 Å². The van der Waals surface area contributed by atoms with Gasteiger partial charge < -0.3 is 10.0 Å². The lowest BCUT2D eigenvalue weighted by atomic mass is 10.0. The third kappa shape index (κ3) is 3.60. The summed E-state index contributed by atoms with van der Waals surface area (Å²) in [5.74, 6) is -0.817. The highest BCUT2D eigenvalue weighted by atomic mass is 16.4. The molecule has 0 bridgehead atoms. The average molecular weight is 269 g/mol. The zero-order chi connectivity index (χ0) is 14.4. The molecule has 2 rings (SSSR count). The Morgan fingerprint density at radius 3 is 2.20 bits per heavy atom. The predicted molar refractivity (Wildman–Crippen MR) is 80.9 cm³/mol. The Morgan fingerprint density at radius 1 is 1.00 bits per heavy atom. The van der Waals surface area contributed by atoms with Crippen LogP contribution in [0.5, 0.6) is 0 Å². The number of para-hydroxylation sites is 1. The van der Waals surface area contributed by atoms with E-state index in [1.807, 2.05) is 47.4 Å². The van der Waals surface area contributed by atoms with E-state index < -0.39 is 5.97 Å². The van der Waals surface area contributed by atoms with Gasteiger partial charge in [-0.05, 0) is 29.7 Å². The van der Waals surface area contributed by atoms with Gasteiger partial charge in [-0.3, -0.25) is 4.79 Å². The first kappa shape index (κ1) is 14.1. The van der Waals surface area contributed by atoms with Crippen LogP contribution in [-0.4, -0.2) is 17.6 Å². The normalized spacial score (nSPS) is 10.2. The first-order valence-electron chi connectivity index (χ1n) is 6.79. The van der Waals surface area contributed by atoms with E-state index in [0.717, 1.165) is 12.1 Å². The minimum Gasteiger partial charge on any atom is -0.480 e. The summed E-state index contributed by atoms with van der Waals surface area (Å²) in [5.41, 5.74) is 3.37. The lowest BCUT2D eigenvalue weighted by molar-refractivity contribution is -0.135. The van der Waals surface area contributed by atoms with E-state index in [9.17, 15) is 4.79 Å². The number of anilines is 1. The van der Waals surface area contributed by atoms with Crippen molar-refractivity contribution in [3.05, 3.63) is 65.7 Å². The van der Waals surface area contributed by atoms with Crippen molar-refractivity contribution in [2.75, 3.05) is 11.4 Å². The third-order valence-corrected chi connectivity index (χ3v) is 3.31. The zero-order valence-electron chi connectivity index (χ0n) is 11.6. The van der Waals surface area contributed by atoms with Crippen molar-refractivity contribution in [3.63, 3.8) is 0 Å². The lowest BCUT2D eigenvalue weighted by Gasteiger charge is -2.24. The number of carboxylic acids is 1. The van der Waals surface area contributed by atoms with E-state index in [1.54, 1.807) is 0 Å². The van der Waals surface area contributed by atoms with Gasteiger partial charge in [0, 0.05) is 12.2 Å². The van der Waals surface area contributed by atoms with Gasteiger partial charge in [-0.25, -0.2) is 0 Å². The topological polar surface area (TPSA) is 40.5 Å². The first-order chi connectivity index (χ1) is 9.70. The Morgan fingerprint density at radius 2 is 1.60 bits per heavy atom. The highest BCUT2D eigenvalue weighted by molar-refractivity contribution is 5.73. The molecule has 3 nitrogen and oxygen atoms in total. The number of carboxylic acid groups (broad SMARTS) is 1. The molecule has 2 aromatic rings. The maximum Gasteiger partial charge on any atom is 0.323 e. The molecule has 3 heteroatoms. The van der Waals surface area contributed by atoms with Crippen LogP contribution in [-0.2, 0) is 17.8 Å². The van der Waals surface area contributed by atoms with Gasteiger partial charge in [-0.1, -0.05) is 49.4 Å². The van der Waals surface area contributed by atoms with Gasteiger partial charge in [-0.2, -0.15) is 0 Å². The van der Waals surface area contributed by atoms with E-state index in [-0.39, 0.29) is 6.54 Å². The zero-order valence-corrected chi connectivity index (χ0v) is 11.6. The molecule has 0 aromatic heterocycles. The Hall–Kier alpha value is -2.29. The lowest BCUT2D eigenvalue weighted by Crippen LogP contribution is -2.29. The number of aryl methyl sites for hydroxylation is 1. The molecule has 0 heterocycles. The molecule has 0 amide bonds. The number of rotatable bonds is 6. The fourth-order valence-electron chi connectivity index (χ4n) is 2.30. The molecule has 0 unspecified atom stereocenters. The predicted octanol–water partition coefficient (Wildman–Crippen LogP) is 3.34. The van der Waals surface area contributed by atoms with Crippen molar-refractivity contribution in [3.8, 4) is 0 Å². The van der Waals surface area contributed by atoms with Gasteiger partial charge in [0.15, 0.2) is 0 Å². The fraction of sp³-hybridized carbons (Fsp3) is 0.235. The summed E-state index contributed by atoms with van der Waals surface area (Å²) in [5, 5.41) is 9.11. The molecule has 104 valence electrons. The maximum absolute atomic E-state index is 11.1. The summed E-state index contributed by atoms with van der Waals surface area (Å²) in [4.78, 5) is 13.0. The first-order valence-corrected chi connectivity index (χ1v) is 6.79. The molecule has 0 saturated heterocycles. The molecule has 0 saturated carbocycles. The molecule has 0 spiro atoms. The summed E-state index contributed by atoms with van der Waals surface area (Å²) in [7, 11) is 0. The molecule has 0 aliphatic rings. The van der Waals surface area contributed by atoms with Crippen molar-refractivity contribution in [1.29, 1.82) is 0 Å². The molecule has 20 heavy (non-hydrogen) atoms. The summed E-state index contributed by atoms with van der Waals surface area (Å²) >= 11 is 0. The monoisotopic (exact) mass is 269 g/mol. The molecule has 0 fully saturated rings. The van der Waals surface area contributed by atoms with Crippen molar-refractivity contribution in [2.24, 2.45) is 0 Å². The second-order valence-corrected chi connectivity index (χ2v) is 4.71. The van der Waals surface area contributed by atoms with Crippen LogP contribution in [0.25, 0.3) is 0 Å². The third-order valence-electron chi connectivity index (χ3n) is 3.31. The summed E-state index contributed by atoms with van der Waals surface area (Å²) < 4.78 is 0. The van der Waals surface area contributed by atoms with Gasteiger partial charge in [0.05, 0.1) is 0 Å². The fourth-order valence-corrected chi connectivity index (χ4v) is 2.30. The standard InChI is InChI=1S/C17H19NO2/c1-2-14-8-6-7-9-15(14)12-18(13-17(19)20)16-10-4-3-5-11-16/h3-11H,2,12-13H2,1H3,(H,19,20). The average Bonchev–Trinajstić information content (AvgIpc) is 2.47. The number of nitrogens with zero attached hydrogens (tertiary/aromatic N) is 1. The van der Waals surface area contributed by atoms with Crippen LogP contribution in [0.15, 0.2) is 54.6 Å². The smallest absolute Gasteiger partial charge is 0.323 e. The Bertz CT molecular complexity index is 566. The van der Waals surface area contributed by atoms with Gasteiger partial charge in [-0.15, -0.1) is 0 Å². The van der Waals surface area contributed by atoms with Crippen LogP contribution in [0.1, 0.15) is 18.1 Å². The summed E-state index contributed by atoms with van der Waals surface area (Å²) in [6, 6.07) is 17.9.